The fraction of sp³-hybridized carbons (Fsp3) is 0.250. The van der Waals surface area contributed by atoms with E-state index in [4.69, 9.17) is 28.3 Å². The maximum absolute atomic E-state index is 10.7. The number of nitrogens with zero attached hydrogens (tertiary/aromatic N) is 1. The second-order valence-corrected chi connectivity index (χ2v) is 3.34. The van der Waals surface area contributed by atoms with Crippen LogP contribution in [0, 0.1) is 13.8 Å². The van der Waals surface area contributed by atoms with Crippen LogP contribution in [0.25, 0.3) is 0 Å². The van der Waals surface area contributed by atoms with Gasteiger partial charge in [0, 0.05) is 5.69 Å². The van der Waals surface area contributed by atoms with E-state index in [1.54, 1.807) is 13.8 Å². The van der Waals surface area contributed by atoms with Gasteiger partial charge in [0.25, 0.3) is 0 Å². The van der Waals surface area contributed by atoms with Crippen molar-refractivity contribution in [3.63, 3.8) is 0 Å². The summed E-state index contributed by atoms with van der Waals surface area (Å²) in [6.07, 6.45) is 0. The molecule has 3 nitrogen and oxygen atoms in total. The highest BCUT2D eigenvalue weighted by molar-refractivity contribution is 6.39. The first-order valence-electron chi connectivity index (χ1n) is 3.50. The molecule has 5 heteroatoms. The average Bonchev–Trinajstić information content (AvgIpc) is 1.99. The number of rotatable bonds is 1. The Balaban J connectivity index is 3.53. The minimum atomic E-state index is -1.16. The summed E-state index contributed by atoms with van der Waals surface area (Å²) < 4.78 is 0. The molecule has 0 radical (unpaired) electrons. The molecule has 0 fully saturated rings. The van der Waals surface area contributed by atoms with Crippen LogP contribution in [0.5, 0.6) is 0 Å². The number of carbonyl (C=O) groups is 1. The summed E-state index contributed by atoms with van der Waals surface area (Å²) in [6, 6.07) is 0. The first-order chi connectivity index (χ1) is 5.95. The molecule has 70 valence electrons. The van der Waals surface area contributed by atoms with Crippen molar-refractivity contribution in [2.24, 2.45) is 0 Å². The number of hydrogen-bond donors (Lipinski definition) is 1. The molecule has 1 heterocycles. The molecule has 0 aliphatic rings. The topological polar surface area (TPSA) is 50.2 Å². The quantitative estimate of drug-likeness (QED) is 0.740. The molecule has 0 aromatic carbocycles. The number of aromatic carboxylic acids is 1. The third-order valence-corrected chi connectivity index (χ3v) is 2.52. The van der Waals surface area contributed by atoms with Gasteiger partial charge in [-0.15, -0.1) is 0 Å². The van der Waals surface area contributed by atoms with Crippen LogP contribution in [0.15, 0.2) is 0 Å². The Morgan fingerprint density at radius 2 is 1.92 bits per heavy atom. The molecule has 0 saturated carbocycles. The number of carboxylic acids is 1. The molecule has 0 aliphatic carbocycles. The summed E-state index contributed by atoms with van der Waals surface area (Å²) in [5, 5.41) is 8.84. The van der Waals surface area contributed by atoms with Gasteiger partial charge in [-0.05, 0) is 19.4 Å². The van der Waals surface area contributed by atoms with E-state index in [9.17, 15) is 4.79 Å². The van der Waals surface area contributed by atoms with Crippen LogP contribution in [0.4, 0.5) is 0 Å². The monoisotopic (exact) mass is 219 g/mol. The van der Waals surface area contributed by atoms with Crippen molar-refractivity contribution in [3.8, 4) is 0 Å². The maximum atomic E-state index is 10.7. The standard InChI is InChI=1S/C8H7Cl2NO2/c1-3-4(2)11-7(10)5(6(3)9)8(12)13/h1-2H3,(H,12,13). The number of hydrogen-bond acceptors (Lipinski definition) is 2. The molecule has 13 heavy (non-hydrogen) atoms. The van der Waals surface area contributed by atoms with Crippen LogP contribution in [-0.4, -0.2) is 16.1 Å². The smallest absolute Gasteiger partial charge is 0.340 e. The number of aryl methyl sites for hydroxylation is 1. The molecule has 0 aliphatic heterocycles. The lowest BCUT2D eigenvalue weighted by molar-refractivity contribution is 0.0696. The molecule has 0 amide bonds. The zero-order chi connectivity index (χ0) is 10.2. The first-order valence-corrected chi connectivity index (χ1v) is 4.26. The van der Waals surface area contributed by atoms with Crippen LogP contribution in [0.1, 0.15) is 21.6 Å². The SMILES string of the molecule is Cc1nc(Cl)c(C(=O)O)c(Cl)c1C. The molecular weight excluding hydrogens is 213 g/mol. The summed E-state index contributed by atoms with van der Waals surface area (Å²) in [5.74, 6) is -1.16. The first kappa shape index (κ1) is 10.3. The van der Waals surface area contributed by atoms with Gasteiger partial charge in [0.05, 0.1) is 5.02 Å². The largest absolute Gasteiger partial charge is 0.478 e. The van der Waals surface area contributed by atoms with Gasteiger partial charge in [0.15, 0.2) is 0 Å². The third kappa shape index (κ3) is 1.76. The Hall–Kier alpha value is -0.800. The highest BCUT2D eigenvalue weighted by Gasteiger charge is 2.18. The van der Waals surface area contributed by atoms with Crippen molar-refractivity contribution in [2.75, 3.05) is 0 Å². The molecule has 0 atom stereocenters. The zero-order valence-electron chi connectivity index (χ0n) is 7.06. The van der Waals surface area contributed by atoms with Crippen LogP contribution in [0.2, 0.25) is 10.2 Å². The Kier molecular flexibility index (Phi) is 2.78. The van der Waals surface area contributed by atoms with Crippen molar-refractivity contribution in [2.45, 2.75) is 13.8 Å². The van der Waals surface area contributed by atoms with Crippen LogP contribution in [-0.2, 0) is 0 Å². The Morgan fingerprint density at radius 1 is 1.38 bits per heavy atom. The van der Waals surface area contributed by atoms with Crippen molar-refractivity contribution < 1.29 is 9.90 Å². The minimum Gasteiger partial charge on any atom is -0.478 e. The normalized spacial score (nSPS) is 10.2. The fourth-order valence-electron chi connectivity index (χ4n) is 0.906. The lowest BCUT2D eigenvalue weighted by atomic mass is 10.1. The van der Waals surface area contributed by atoms with Gasteiger partial charge >= 0.3 is 5.97 Å². The zero-order valence-corrected chi connectivity index (χ0v) is 8.57. The summed E-state index contributed by atoms with van der Waals surface area (Å²) in [7, 11) is 0. The lowest BCUT2D eigenvalue weighted by Gasteiger charge is -2.06. The molecule has 1 N–H and O–H groups in total. The van der Waals surface area contributed by atoms with Crippen molar-refractivity contribution in [1.29, 1.82) is 0 Å². The van der Waals surface area contributed by atoms with Gasteiger partial charge in [-0.1, -0.05) is 23.2 Å². The van der Waals surface area contributed by atoms with Crippen LogP contribution >= 0.6 is 23.2 Å². The van der Waals surface area contributed by atoms with Crippen molar-refractivity contribution in [3.05, 3.63) is 27.0 Å². The summed E-state index contributed by atoms with van der Waals surface area (Å²) >= 11 is 11.4. The molecular formula is C8H7Cl2NO2. The number of halogens is 2. The molecule has 0 unspecified atom stereocenters. The maximum Gasteiger partial charge on any atom is 0.340 e. The second kappa shape index (κ2) is 3.52. The van der Waals surface area contributed by atoms with Gasteiger partial charge in [0.1, 0.15) is 10.7 Å². The number of aromatic nitrogens is 1. The van der Waals surface area contributed by atoms with E-state index in [0.717, 1.165) is 0 Å². The third-order valence-electron chi connectivity index (χ3n) is 1.78. The van der Waals surface area contributed by atoms with Crippen molar-refractivity contribution in [1.82, 2.24) is 4.98 Å². The predicted octanol–water partition coefficient (Wildman–Crippen LogP) is 2.70. The average molecular weight is 220 g/mol. The van der Waals surface area contributed by atoms with Gasteiger partial charge in [0.2, 0.25) is 0 Å². The lowest BCUT2D eigenvalue weighted by Crippen LogP contribution is -2.03. The van der Waals surface area contributed by atoms with Gasteiger partial charge < -0.3 is 5.11 Å². The van der Waals surface area contributed by atoms with E-state index in [-0.39, 0.29) is 15.7 Å². The van der Waals surface area contributed by atoms with E-state index < -0.39 is 5.97 Å². The number of pyridine rings is 1. The molecule has 0 bridgehead atoms. The van der Waals surface area contributed by atoms with E-state index in [2.05, 4.69) is 4.98 Å². The molecule has 1 aromatic heterocycles. The Morgan fingerprint density at radius 3 is 2.38 bits per heavy atom. The molecule has 0 spiro atoms. The molecule has 1 rings (SSSR count). The van der Waals surface area contributed by atoms with Crippen molar-refractivity contribution >= 4 is 29.2 Å². The Labute approximate surface area is 85.3 Å². The summed E-state index contributed by atoms with van der Waals surface area (Å²) in [4.78, 5) is 14.6. The second-order valence-electron chi connectivity index (χ2n) is 2.61. The molecule has 0 saturated heterocycles. The Bertz CT molecular complexity index is 377. The van der Waals surface area contributed by atoms with Crippen LogP contribution < -0.4 is 0 Å². The summed E-state index contributed by atoms with van der Waals surface area (Å²) in [6.45, 7) is 3.42. The number of carboxylic acid groups (broad SMARTS) is 1. The highest BCUT2D eigenvalue weighted by Crippen LogP contribution is 2.27. The predicted molar refractivity (Wildman–Crippen MR) is 50.7 cm³/mol. The van der Waals surface area contributed by atoms with E-state index in [0.29, 0.717) is 11.3 Å². The van der Waals surface area contributed by atoms with Gasteiger partial charge in [-0.25, -0.2) is 9.78 Å². The van der Waals surface area contributed by atoms with E-state index in [1.165, 1.54) is 0 Å². The highest BCUT2D eigenvalue weighted by atomic mass is 35.5. The molecule has 1 aromatic rings. The van der Waals surface area contributed by atoms with Crippen LogP contribution in [0.3, 0.4) is 0 Å². The summed E-state index contributed by atoms with van der Waals surface area (Å²) in [5.41, 5.74) is 1.15. The fourth-order valence-corrected chi connectivity index (χ4v) is 1.56. The van der Waals surface area contributed by atoms with Gasteiger partial charge in [-0.2, -0.15) is 0 Å². The van der Waals surface area contributed by atoms with Gasteiger partial charge in [-0.3, -0.25) is 0 Å². The van der Waals surface area contributed by atoms with E-state index >= 15 is 0 Å². The van der Waals surface area contributed by atoms with E-state index in [1.807, 2.05) is 0 Å². The minimum absolute atomic E-state index is 0.0689.